The fourth-order valence-corrected chi connectivity index (χ4v) is 5.02. The zero-order valence-electron chi connectivity index (χ0n) is 19.1. The van der Waals surface area contributed by atoms with Gasteiger partial charge in [0.2, 0.25) is 5.91 Å². The summed E-state index contributed by atoms with van der Waals surface area (Å²) in [5.74, 6) is 0.717. The van der Waals surface area contributed by atoms with Crippen molar-refractivity contribution in [3.8, 4) is 0 Å². The molecule has 1 aliphatic heterocycles. The quantitative estimate of drug-likeness (QED) is 0.686. The van der Waals surface area contributed by atoms with Crippen molar-refractivity contribution in [3.05, 3.63) is 46.2 Å². The molecule has 6 heteroatoms. The van der Waals surface area contributed by atoms with E-state index in [-0.39, 0.29) is 11.5 Å². The maximum Gasteiger partial charge on any atom is 0.255 e. The van der Waals surface area contributed by atoms with Crippen LogP contribution < -0.4 is 5.56 Å². The molecule has 1 aliphatic carbocycles. The topological polar surface area (TPSA) is 48.8 Å². The molecular formula is C25H36N4O2. The van der Waals surface area contributed by atoms with Gasteiger partial charge in [-0.1, -0.05) is 31.0 Å². The highest BCUT2D eigenvalue weighted by Crippen LogP contribution is 2.28. The lowest BCUT2D eigenvalue weighted by molar-refractivity contribution is -0.133. The van der Waals surface area contributed by atoms with Crippen LogP contribution in [0.25, 0.3) is 10.9 Å². The van der Waals surface area contributed by atoms with Gasteiger partial charge in [-0.3, -0.25) is 14.5 Å². The normalized spacial score (nSPS) is 18.6. The summed E-state index contributed by atoms with van der Waals surface area (Å²) in [7, 11) is 3.98. The van der Waals surface area contributed by atoms with Gasteiger partial charge in [-0.2, -0.15) is 0 Å². The van der Waals surface area contributed by atoms with Crippen molar-refractivity contribution in [1.29, 1.82) is 0 Å². The molecule has 31 heavy (non-hydrogen) atoms. The Hall–Kier alpha value is -2.18. The van der Waals surface area contributed by atoms with Gasteiger partial charge in [-0.15, -0.1) is 0 Å². The maximum atomic E-state index is 13.3. The van der Waals surface area contributed by atoms with E-state index in [1.807, 2.05) is 42.3 Å². The van der Waals surface area contributed by atoms with Crippen LogP contribution in [0.5, 0.6) is 0 Å². The lowest BCUT2D eigenvalue weighted by atomic mass is 10.0. The molecule has 0 spiro atoms. The Morgan fingerprint density at radius 1 is 1.06 bits per heavy atom. The van der Waals surface area contributed by atoms with E-state index >= 15 is 0 Å². The van der Waals surface area contributed by atoms with E-state index < -0.39 is 0 Å². The molecule has 2 aliphatic rings. The number of aryl methyl sites for hydroxylation is 1. The van der Waals surface area contributed by atoms with Gasteiger partial charge in [0.1, 0.15) is 0 Å². The first-order chi connectivity index (χ1) is 15.0. The summed E-state index contributed by atoms with van der Waals surface area (Å²) in [4.78, 5) is 33.0. The molecule has 4 rings (SSSR count). The Kier molecular flexibility index (Phi) is 7.08. The lowest BCUT2D eigenvalue weighted by Crippen LogP contribution is -2.47. The summed E-state index contributed by atoms with van der Waals surface area (Å²) in [5.41, 5.74) is 1.63. The van der Waals surface area contributed by atoms with Gasteiger partial charge in [0.05, 0.1) is 12.1 Å². The minimum Gasteiger partial charge on any atom is -0.337 e. The Balaban J connectivity index is 1.51. The van der Waals surface area contributed by atoms with Crippen molar-refractivity contribution in [1.82, 2.24) is 19.3 Å². The third-order valence-corrected chi connectivity index (χ3v) is 7.14. The van der Waals surface area contributed by atoms with E-state index in [1.54, 1.807) is 4.57 Å². The number of likely N-dealkylation sites (N-methyl/N-ethyl adjacent to an activating group) is 1. The summed E-state index contributed by atoms with van der Waals surface area (Å²) in [6, 6.07) is 9.93. The number of rotatable bonds is 7. The SMILES string of the molecule is CN1CCN(CCN(Cc2cc3ccccc3n(C)c2=O)C(=O)CC2CCCC2)CC1. The van der Waals surface area contributed by atoms with Crippen molar-refractivity contribution in [3.63, 3.8) is 0 Å². The molecule has 0 bridgehead atoms. The molecule has 0 atom stereocenters. The van der Waals surface area contributed by atoms with E-state index in [0.717, 1.165) is 56.5 Å². The molecule has 1 aromatic carbocycles. The number of pyridine rings is 1. The van der Waals surface area contributed by atoms with Gasteiger partial charge < -0.3 is 14.4 Å². The summed E-state index contributed by atoms with van der Waals surface area (Å²) in [6.07, 6.45) is 5.43. The number of aromatic nitrogens is 1. The van der Waals surface area contributed by atoms with Gasteiger partial charge >= 0.3 is 0 Å². The summed E-state index contributed by atoms with van der Waals surface area (Å²) < 4.78 is 1.71. The van der Waals surface area contributed by atoms with Crippen molar-refractivity contribution >= 4 is 16.8 Å². The van der Waals surface area contributed by atoms with Crippen molar-refractivity contribution < 1.29 is 4.79 Å². The first kappa shape index (κ1) is 22.0. The van der Waals surface area contributed by atoms with Gasteiger partial charge in [0.25, 0.3) is 5.56 Å². The Labute approximate surface area is 185 Å². The third kappa shape index (κ3) is 5.36. The molecule has 2 fully saturated rings. The van der Waals surface area contributed by atoms with Gasteiger partial charge in [-0.25, -0.2) is 0 Å². The van der Waals surface area contributed by atoms with Gasteiger partial charge in [0.15, 0.2) is 0 Å². The number of amides is 1. The monoisotopic (exact) mass is 424 g/mol. The summed E-state index contributed by atoms with van der Waals surface area (Å²) in [6.45, 7) is 6.18. The molecule has 0 N–H and O–H groups in total. The fraction of sp³-hybridized carbons (Fsp3) is 0.600. The minimum atomic E-state index is -0.00281. The highest BCUT2D eigenvalue weighted by atomic mass is 16.2. The summed E-state index contributed by atoms with van der Waals surface area (Å²) >= 11 is 0. The zero-order chi connectivity index (χ0) is 21.8. The Morgan fingerprint density at radius 2 is 1.77 bits per heavy atom. The molecule has 0 unspecified atom stereocenters. The van der Waals surface area contributed by atoms with Crippen LogP contribution in [0.1, 0.15) is 37.7 Å². The van der Waals surface area contributed by atoms with Crippen LogP contribution >= 0.6 is 0 Å². The Bertz CT molecular complexity index is 956. The maximum absolute atomic E-state index is 13.3. The highest BCUT2D eigenvalue weighted by Gasteiger charge is 2.24. The number of fused-ring (bicyclic) bond motifs is 1. The van der Waals surface area contributed by atoms with Crippen molar-refractivity contribution in [2.75, 3.05) is 46.3 Å². The number of benzene rings is 1. The molecule has 1 aromatic heterocycles. The van der Waals surface area contributed by atoms with Crippen molar-refractivity contribution in [2.45, 2.75) is 38.6 Å². The predicted molar refractivity (Wildman–Crippen MR) is 125 cm³/mol. The molecule has 1 amide bonds. The van der Waals surface area contributed by atoms with Crippen LogP contribution in [0.4, 0.5) is 0 Å². The number of hydrogen-bond acceptors (Lipinski definition) is 4. The second kappa shape index (κ2) is 9.96. The number of hydrogen-bond donors (Lipinski definition) is 0. The van der Waals surface area contributed by atoms with Crippen LogP contribution in [0, 0.1) is 5.92 Å². The number of piperazine rings is 1. The minimum absolute atomic E-state index is 0.00281. The first-order valence-corrected chi connectivity index (χ1v) is 11.8. The van der Waals surface area contributed by atoms with E-state index in [1.165, 1.54) is 12.8 Å². The largest absolute Gasteiger partial charge is 0.337 e. The zero-order valence-corrected chi connectivity index (χ0v) is 19.1. The molecule has 6 nitrogen and oxygen atoms in total. The molecule has 0 radical (unpaired) electrons. The standard InChI is InChI=1S/C25H36N4O2/c1-26-11-13-28(14-12-26)15-16-29(24(30)17-20-7-3-4-8-20)19-22-18-21-9-5-6-10-23(21)27(2)25(22)31/h5-6,9-10,18,20H,3-4,7-8,11-17,19H2,1-2H3. The van der Waals surface area contributed by atoms with E-state index in [4.69, 9.17) is 0 Å². The van der Waals surface area contributed by atoms with E-state index in [2.05, 4.69) is 16.8 Å². The number of nitrogens with zero attached hydrogens (tertiary/aromatic N) is 4. The third-order valence-electron chi connectivity index (χ3n) is 7.14. The summed E-state index contributed by atoms with van der Waals surface area (Å²) in [5, 5.41) is 1.04. The van der Waals surface area contributed by atoms with Crippen LogP contribution in [-0.2, 0) is 18.4 Å². The van der Waals surface area contributed by atoms with E-state index in [0.29, 0.717) is 31.0 Å². The molecule has 168 valence electrons. The van der Waals surface area contributed by atoms with Crippen LogP contribution in [0.3, 0.4) is 0 Å². The van der Waals surface area contributed by atoms with Crippen molar-refractivity contribution in [2.24, 2.45) is 13.0 Å². The fourth-order valence-electron chi connectivity index (χ4n) is 5.02. The lowest BCUT2D eigenvalue weighted by Gasteiger charge is -2.34. The number of carbonyl (C=O) groups excluding carboxylic acids is 1. The second-order valence-electron chi connectivity index (χ2n) is 9.41. The van der Waals surface area contributed by atoms with Crippen LogP contribution in [0.2, 0.25) is 0 Å². The molecule has 2 aromatic rings. The smallest absolute Gasteiger partial charge is 0.255 e. The average molecular weight is 425 g/mol. The number of para-hydroxylation sites is 1. The average Bonchev–Trinajstić information content (AvgIpc) is 3.28. The van der Waals surface area contributed by atoms with Crippen LogP contribution in [0.15, 0.2) is 35.1 Å². The van der Waals surface area contributed by atoms with E-state index in [9.17, 15) is 9.59 Å². The Morgan fingerprint density at radius 3 is 2.52 bits per heavy atom. The highest BCUT2D eigenvalue weighted by molar-refractivity contribution is 5.80. The predicted octanol–water partition coefficient (Wildman–Crippen LogP) is 2.69. The second-order valence-corrected chi connectivity index (χ2v) is 9.41. The van der Waals surface area contributed by atoms with Crippen LogP contribution in [-0.4, -0.2) is 71.5 Å². The first-order valence-electron chi connectivity index (χ1n) is 11.8. The molecule has 1 saturated heterocycles. The molecule has 2 heterocycles. The van der Waals surface area contributed by atoms with Gasteiger partial charge in [-0.05, 0) is 43.3 Å². The van der Waals surface area contributed by atoms with Gasteiger partial charge in [0, 0.05) is 58.3 Å². The number of carbonyl (C=O) groups is 1. The molecule has 1 saturated carbocycles. The molecular weight excluding hydrogens is 388 g/mol.